The number of thioether (sulfide) groups is 1. The van der Waals surface area contributed by atoms with Crippen LogP contribution in [0.25, 0.3) is 11.3 Å². The van der Waals surface area contributed by atoms with E-state index in [9.17, 15) is 17.6 Å². The van der Waals surface area contributed by atoms with E-state index in [1.165, 1.54) is 19.2 Å². The SMILES string of the molecule is CC1=CSCN1c1ccc(-c2cc(C(F)(F)F)nn2C)c(F)c1. The largest absolute Gasteiger partial charge is 0.435 e. The van der Waals surface area contributed by atoms with Gasteiger partial charge in [0.2, 0.25) is 0 Å². The summed E-state index contributed by atoms with van der Waals surface area (Å²) in [5, 5.41) is 5.39. The van der Waals surface area contributed by atoms with Gasteiger partial charge in [-0.2, -0.15) is 18.3 Å². The maximum Gasteiger partial charge on any atom is 0.435 e. The van der Waals surface area contributed by atoms with Crippen molar-refractivity contribution >= 4 is 17.4 Å². The number of anilines is 1. The maximum atomic E-state index is 14.4. The van der Waals surface area contributed by atoms with Gasteiger partial charge in [-0.1, -0.05) is 0 Å². The first-order valence-electron chi connectivity index (χ1n) is 6.74. The number of allylic oxidation sites excluding steroid dienone is 1. The van der Waals surface area contributed by atoms with Gasteiger partial charge in [0, 0.05) is 24.0 Å². The molecule has 0 saturated carbocycles. The Morgan fingerprint density at radius 2 is 1.96 bits per heavy atom. The van der Waals surface area contributed by atoms with Gasteiger partial charge in [-0.15, -0.1) is 11.8 Å². The minimum atomic E-state index is -4.55. The summed E-state index contributed by atoms with van der Waals surface area (Å²) in [4.78, 5) is 1.93. The van der Waals surface area contributed by atoms with Gasteiger partial charge in [-0.05, 0) is 36.6 Å². The van der Waals surface area contributed by atoms with Gasteiger partial charge in [0.25, 0.3) is 0 Å². The molecule has 2 heterocycles. The lowest BCUT2D eigenvalue weighted by atomic mass is 10.1. The molecular weight excluding hydrogens is 330 g/mol. The van der Waals surface area contributed by atoms with Crippen LogP contribution in [0.3, 0.4) is 0 Å². The van der Waals surface area contributed by atoms with Crippen molar-refractivity contribution in [3.8, 4) is 11.3 Å². The summed E-state index contributed by atoms with van der Waals surface area (Å²) in [5.41, 5.74) is 0.815. The molecule has 3 nitrogen and oxygen atoms in total. The van der Waals surface area contributed by atoms with Crippen molar-refractivity contribution in [1.82, 2.24) is 9.78 Å². The number of alkyl halides is 3. The monoisotopic (exact) mass is 343 g/mol. The molecule has 0 spiro atoms. The van der Waals surface area contributed by atoms with Crippen LogP contribution in [0.4, 0.5) is 23.2 Å². The molecule has 1 aliphatic rings. The Kier molecular flexibility index (Phi) is 3.87. The molecule has 0 saturated heterocycles. The molecule has 1 aromatic heterocycles. The van der Waals surface area contributed by atoms with Crippen LogP contribution < -0.4 is 4.90 Å². The van der Waals surface area contributed by atoms with Gasteiger partial charge in [0.1, 0.15) is 5.82 Å². The van der Waals surface area contributed by atoms with E-state index < -0.39 is 17.7 Å². The molecule has 0 atom stereocenters. The molecule has 0 unspecified atom stereocenters. The average Bonchev–Trinajstić information content (AvgIpc) is 3.04. The molecular formula is C15H13F4N3S. The fourth-order valence-corrected chi connectivity index (χ4v) is 3.36. The molecule has 0 aliphatic carbocycles. The molecule has 3 rings (SSSR count). The number of benzene rings is 1. The fraction of sp³-hybridized carbons (Fsp3) is 0.267. The zero-order valence-electron chi connectivity index (χ0n) is 12.4. The number of nitrogens with zero attached hydrogens (tertiary/aromatic N) is 3. The van der Waals surface area contributed by atoms with E-state index in [2.05, 4.69) is 5.10 Å². The highest BCUT2D eigenvalue weighted by Crippen LogP contribution is 2.35. The predicted molar refractivity (Wildman–Crippen MR) is 82.3 cm³/mol. The topological polar surface area (TPSA) is 21.1 Å². The van der Waals surface area contributed by atoms with E-state index in [0.717, 1.165) is 16.4 Å². The number of aryl methyl sites for hydroxylation is 1. The standard InChI is InChI=1S/C15H13F4N3S/c1-9-7-23-8-22(9)10-3-4-11(12(16)5-10)13-6-14(15(17,18)19)20-21(13)2/h3-7H,8H2,1-2H3. The lowest BCUT2D eigenvalue weighted by Crippen LogP contribution is -2.15. The molecule has 122 valence electrons. The highest BCUT2D eigenvalue weighted by molar-refractivity contribution is 8.02. The first-order valence-corrected chi connectivity index (χ1v) is 7.79. The van der Waals surface area contributed by atoms with Gasteiger partial charge in [0.15, 0.2) is 5.69 Å². The van der Waals surface area contributed by atoms with Crippen LogP contribution >= 0.6 is 11.8 Å². The van der Waals surface area contributed by atoms with Crippen LogP contribution in [0.2, 0.25) is 0 Å². The van der Waals surface area contributed by atoms with E-state index in [1.54, 1.807) is 17.8 Å². The van der Waals surface area contributed by atoms with E-state index >= 15 is 0 Å². The van der Waals surface area contributed by atoms with E-state index in [4.69, 9.17) is 0 Å². The lowest BCUT2D eigenvalue weighted by Gasteiger charge is -2.20. The number of halogens is 4. The Hall–Kier alpha value is -1.96. The number of hydrogen-bond donors (Lipinski definition) is 0. The summed E-state index contributed by atoms with van der Waals surface area (Å²) in [5.74, 6) is 0.109. The molecule has 0 radical (unpaired) electrons. The first-order chi connectivity index (χ1) is 10.8. The average molecular weight is 343 g/mol. The Morgan fingerprint density at radius 1 is 1.22 bits per heavy atom. The van der Waals surface area contributed by atoms with Gasteiger partial charge in [0.05, 0.1) is 11.6 Å². The van der Waals surface area contributed by atoms with Crippen molar-refractivity contribution in [2.24, 2.45) is 7.05 Å². The van der Waals surface area contributed by atoms with Crippen molar-refractivity contribution in [2.75, 3.05) is 10.8 Å². The van der Waals surface area contributed by atoms with E-state index in [-0.39, 0.29) is 11.3 Å². The van der Waals surface area contributed by atoms with Crippen LogP contribution in [0.5, 0.6) is 0 Å². The smallest absolute Gasteiger partial charge is 0.335 e. The van der Waals surface area contributed by atoms with Gasteiger partial charge < -0.3 is 4.90 Å². The van der Waals surface area contributed by atoms with Crippen molar-refractivity contribution in [1.29, 1.82) is 0 Å². The molecule has 1 aromatic carbocycles. The lowest BCUT2D eigenvalue weighted by molar-refractivity contribution is -0.141. The molecule has 23 heavy (non-hydrogen) atoms. The minimum Gasteiger partial charge on any atom is -0.335 e. The third-order valence-corrected chi connectivity index (χ3v) is 4.51. The zero-order valence-corrected chi connectivity index (χ0v) is 13.2. The van der Waals surface area contributed by atoms with E-state index in [0.29, 0.717) is 11.6 Å². The quantitative estimate of drug-likeness (QED) is 0.743. The number of rotatable bonds is 2. The summed E-state index contributed by atoms with van der Waals surface area (Å²) in [6, 6.07) is 5.37. The predicted octanol–water partition coefficient (Wildman–Crippen LogP) is 4.62. The molecule has 2 aromatic rings. The van der Waals surface area contributed by atoms with Crippen LogP contribution in [0.15, 0.2) is 35.4 Å². The van der Waals surface area contributed by atoms with Gasteiger partial charge in [-0.25, -0.2) is 4.39 Å². The van der Waals surface area contributed by atoms with Gasteiger partial charge >= 0.3 is 6.18 Å². The Balaban J connectivity index is 1.99. The number of aromatic nitrogens is 2. The molecule has 8 heteroatoms. The third kappa shape index (κ3) is 2.95. The van der Waals surface area contributed by atoms with Crippen LogP contribution in [0.1, 0.15) is 12.6 Å². The van der Waals surface area contributed by atoms with Crippen molar-refractivity contribution in [3.05, 3.63) is 46.9 Å². The number of hydrogen-bond acceptors (Lipinski definition) is 3. The summed E-state index contributed by atoms with van der Waals surface area (Å²) in [6.07, 6.45) is -4.55. The third-order valence-electron chi connectivity index (χ3n) is 3.59. The highest BCUT2D eigenvalue weighted by atomic mass is 32.2. The Labute approximate surface area is 134 Å². The second-order valence-corrected chi connectivity index (χ2v) is 6.01. The summed E-state index contributed by atoms with van der Waals surface area (Å²) in [7, 11) is 1.36. The minimum absolute atomic E-state index is 0.0874. The van der Waals surface area contributed by atoms with Crippen LogP contribution in [-0.4, -0.2) is 15.7 Å². The molecule has 0 bridgehead atoms. The van der Waals surface area contributed by atoms with Gasteiger partial charge in [-0.3, -0.25) is 4.68 Å². The first kappa shape index (κ1) is 15.9. The Bertz CT molecular complexity index is 780. The zero-order chi connectivity index (χ0) is 16.8. The maximum absolute atomic E-state index is 14.4. The summed E-state index contributed by atoms with van der Waals surface area (Å²) < 4.78 is 53.6. The fourth-order valence-electron chi connectivity index (χ4n) is 2.41. The second-order valence-electron chi connectivity index (χ2n) is 5.18. The second kappa shape index (κ2) is 5.59. The molecule has 0 fully saturated rings. The van der Waals surface area contributed by atoms with Crippen molar-refractivity contribution < 1.29 is 17.6 Å². The highest BCUT2D eigenvalue weighted by Gasteiger charge is 2.35. The van der Waals surface area contributed by atoms with Crippen LogP contribution in [0, 0.1) is 5.82 Å². The van der Waals surface area contributed by atoms with Crippen molar-refractivity contribution in [2.45, 2.75) is 13.1 Å². The van der Waals surface area contributed by atoms with Crippen molar-refractivity contribution in [3.63, 3.8) is 0 Å². The normalized spacial score (nSPS) is 15.2. The van der Waals surface area contributed by atoms with E-state index in [1.807, 2.05) is 17.2 Å². The summed E-state index contributed by atoms with van der Waals surface area (Å²) in [6.45, 7) is 1.92. The summed E-state index contributed by atoms with van der Waals surface area (Å²) >= 11 is 1.60. The molecule has 1 aliphatic heterocycles. The Morgan fingerprint density at radius 3 is 2.48 bits per heavy atom. The van der Waals surface area contributed by atoms with Crippen LogP contribution in [-0.2, 0) is 13.2 Å². The molecule has 0 amide bonds. The molecule has 0 N–H and O–H groups in total.